The molecule has 0 radical (unpaired) electrons. The zero-order valence-corrected chi connectivity index (χ0v) is 11.1. The van der Waals surface area contributed by atoms with Gasteiger partial charge in [0.1, 0.15) is 0 Å². The van der Waals surface area contributed by atoms with Crippen molar-refractivity contribution in [1.29, 1.82) is 0 Å². The summed E-state index contributed by atoms with van der Waals surface area (Å²) in [5.74, 6) is -1.26. The van der Waals surface area contributed by atoms with E-state index in [-0.39, 0.29) is 6.61 Å². The first kappa shape index (κ1) is 13.5. The molecule has 1 heterocycles. The van der Waals surface area contributed by atoms with E-state index < -0.39 is 17.4 Å². The van der Waals surface area contributed by atoms with Crippen molar-refractivity contribution in [3.8, 4) is 0 Å². The number of fused-ring (bicyclic) bond motifs is 1. The fraction of sp³-hybridized carbons (Fsp3) is 0.429. The molecule has 0 saturated carbocycles. The molecule has 1 aliphatic heterocycles. The number of aliphatic hydroxyl groups is 1. The van der Waals surface area contributed by atoms with Crippen LogP contribution in [0.25, 0.3) is 0 Å². The first-order chi connectivity index (χ1) is 8.94. The van der Waals surface area contributed by atoms with Gasteiger partial charge in [0.05, 0.1) is 12.1 Å². The Bertz CT molecular complexity index is 511. The van der Waals surface area contributed by atoms with Gasteiger partial charge in [-0.2, -0.15) is 0 Å². The molecule has 0 aliphatic carbocycles. The SMILES string of the molecule is CC(C)(CO)NC(=O)C(=O)N1CCc2ccccc21. The molecule has 0 aromatic heterocycles. The van der Waals surface area contributed by atoms with Gasteiger partial charge >= 0.3 is 11.8 Å². The maximum atomic E-state index is 12.1. The summed E-state index contributed by atoms with van der Waals surface area (Å²) < 4.78 is 0. The second kappa shape index (κ2) is 5.01. The lowest BCUT2D eigenvalue weighted by molar-refractivity contribution is -0.138. The fourth-order valence-electron chi connectivity index (χ4n) is 2.07. The molecule has 0 unspecified atom stereocenters. The van der Waals surface area contributed by atoms with E-state index in [1.165, 1.54) is 4.90 Å². The van der Waals surface area contributed by atoms with E-state index in [0.717, 1.165) is 17.7 Å². The van der Waals surface area contributed by atoms with Crippen LogP contribution in [0.2, 0.25) is 0 Å². The van der Waals surface area contributed by atoms with Crippen molar-refractivity contribution in [2.24, 2.45) is 0 Å². The Morgan fingerprint density at radius 3 is 2.74 bits per heavy atom. The average molecular weight is 262 g/mol. The number of nitrogens with one attached hydrogen (secondary N) is 1. The highest BCUT2D eigenvalue weighted by atomic mass is 16.3. The molecule has 0 bridgehead atoms. The van der Waals surface area contributed by atoms with Crippen LogP contribution in [-0.2, 0) is 16.0 Å². The third kappa shape index (κ3) is 2.76. The van der Waals surface area contributed by atoms with Gasteiger partial charge in [-0.1, -0.05) is 18.2 Å². The van der Waals surface area contributed by atoms with Crippen molar-refractivity contribution in [1.82, 2.24) is 5.32 Å². The van der Waals surface area contributed by atoms with Gasteiger partial charge in [-0.3, -0.25) is 9.59 Å². The van der Waals surface area contributed by atoms with Crippen molar-refractivity contribution >= 4 is 17.5 Å². The van der Waals surface area contributed by atoms with Gasteiger partial charge in [0.15, 0.2) is 0 Å². The predicted octanol–water partition coefficient (Wildman–Crippen LogP) is 0.463. The lowest BCUT2D eigenvalue weighted by Crippen LogP contribution is -2.52. The molecule has 1 aromatic carbocycles. The number of carbonyl (C=O) groups excluding carboxylic acids is 2. The number of nitrogens with zero attached hydrogens (tertiary/aromatic N) is 1. The minimum atomic E-state index is -0.800. The van der Waals surface area contributed by atoms with E-state index >= 15 is 0 Å². The first-order valence-corrected chi connectivity index (χ1v) is 6.27. The summed E-state index contributed by atoms with van der Waals surface area (Å²) in [5, 5.41) is 11.6. The Hall–Kier alpha value is -1.88. The zero-order valence-electron chi connectivity index (χ0n) is 11.1. The van der Waals surface area contributed by atoms with Crippen LogP contribution in [0.15, 0.2) is 24.3 Å². The van der Waals surface area contributed by atoms with Gasteiger partial charge in [-0.05, 0) is 31.9 Å². The normalized spacial score (nSPS) is 14.2. The lowest BCUT2D eigenvalue weighted by Gasteiger charge is -2.25. The number of anilines is 1. The highest BCUT2D eigenvalue weighted by Gasteiger charge is 2.31. The van der Waals surface area contributed by atoms with Gasteiger partial charge in [-0.15, -0.1) is 0 Å². The molecule has 5 heteroatoms. The van der Waals surface area contributed by atoms with Crippen LogP contribution in [0.4, 0.5) is 5.69 Å². The molecule has 0 saturated heterocycles. The van der Waals surface area contributed by atoms with Crippen molar-refractivity contribution in [2.45, 2.75) is 25.8 Å². The van der Waals surface area contributed by atoms with Crippen LogP contribution in [0.1, 0.15) is 19.4 Å². The van der Waals surface area contributed by atoms with E-state index in [1.807, 2.05) is 24.3 Å². The maximum Gasteiger partial charge on any atom is 0.316 e. The van der Waals surface area contributed by atoms with Gasteiger partial charge < -0.3 is 15.3 Å². The third-order valence-electron chi connectivity index (χ3n) is 3.17. The van der Waals surface area contributed by atoms with Crippen LogP contribution in [0, 0.1) is 0 Å². The van der Waals surface area contributed by atoms with E-state index in [4.69, 9.17) is 5.11 Å². The molecule has 1 aromatic rings. The quantitative estimate of drug-likeness (QED) is 0.761. The molecule has 0 fully saturated rings. The Balaban J connectivity index is 2.12. The average Bonchev–Trinajstić information content (AvgIpc) is 2.81. The second-order valence-corrected chi connectivity index (χ2v) is 5.33. The minimum absolute atomic E-state index is 0.220. The molecule has 102 valence electrons. The topological polar surface area (TPSA) is 69.6 Å². The molecule has 19 heavy (non-hydrogen) atoms. The molecular formula is C14H18N2O3. The number of carbonyl (C=O) groups is 2. The molecule has 2 rings (SSSR count). The predicted molar refractivity (Wildman–Crippen MR) is 71.8 cm³/mol. The number of aliphatic hydroxyl groups excluding tert-OH is 1. The standard InChI is InChI=1S/C14H18N2O3/c1-14(2,9-17)15-12(18)13(19)16-8-7-10-5-3-4-6-11(10)16/h3-6,17H,7-9H2,1-2H3,(H,15,18). The van der Waals surface area contributed by atoms with Crippen LogP contribution in [-0.4, -0.2) is 35.6 Å². The minimum Gasteiger partial charge on any atom is -0.394 e. The molecule has 2 amide bonds. The van der Waals surface area contributed by atoms with Crippen molar-refractivity contribution in [3.05, 3.63) is 29.8 Å². The van der Waals surface area contributed by atoms with Crippen LogP contribution in [0.5, 0.6) is 0 Å². The van der Waals surface area contributed by atoms with Gasteiger partial charge in [0.2, 0.25) is 0 Å². The van der Waals surface area contributed by atoms with Crippen molar-refractivity contribution in [2.75, 3.05) is 18.1 Å². The molecule has 0 atom stereocenters. The summed E-state index contributed by atoms with van der Waals surface area (Å²) in [6, 6.07) is 7.56. The van der Waals surface area contributed by atoms with Crippen LogP contribution < -0.4 is 10.2 Å². The molecule has 0 spiro atoms. The molecular weight excluding hydrogens is 244 g/mol. The second-order valence-electron chi connectivity index (χ2n) is 5.33. The summed E-state index contributed by atoms with van der Waals surface area (Å²) >= 11 is 0. The summed E-state index contributed by atoms with van der Waals surface area (Å²) in [4.78, 5) is 25.5. The Morgan fingerprint density at radius 2 is 2.05 bits per heavy atom. The smallest absolute Gasteiger partial charge is 0.316 e. The van der Waals surface area contributed by atoms with Crippen molar-refractivity contribution < 1.29 is 14.7 Å². The van der Waals surface area contributed by atoms with E-state index in [2.05, 4.69) is 5.32 Å². The summed E-state index contributed by atoms with van der Waals surface area (Å²) in [7, 11) is 0. The summed E-state index contributed by atoms with van der Waals surface area (Å²) in [6.45, 7) is 3.62. The first-order valence-electron chi connectivity index (χ1n) is 6.27. The third-order valence-corrected chi connectivity index (χ3v) is 3.17. The Morgan fingerprint density at radius 1 is 1.37 bits per heavy atom. The highest BCUT2D eigenvalue weighted by Crippen LogP contribution is 2.27. The maximum absolute atomic E-state index is 12.1. The van der Waals surface area contributed by atoms with Crippen molar-refractivity contribution in [3.63, 3.8) is 0 Å². The summed E-state index contributed by atoms with van der Waals surface area (Å²) in [6.07, 6.45) is 0.762. The van der Waals surface area contributed by atoms with E-state index in [0.29, 0.717) is 6.54 Å². The summed E-state index contributed by atoms with van der Waals surface area (Å²) in [5.41, 5.74) is 1.07. The molecule has 2 N–H and O–H groups in total. The number of para-hydroxylation sites is 1. The molecule has 1 aliphatic rings. The van der Waals surface area contributed by atoms with Gasteiger partial charge in [-0.25, -0.2) is 0 Å². The number of hydrogen-bond acceptors (Lipinski definition) is 3. The fourth-order valence-corrected chi connectivity index (χ4v) is 2.07. The van der Waals surface area contributed by atoms with Gasteiger partial charge in [0, 0.05) is 12.2 Å². The van der Waals surface area contributed by atoms with Crippen LogP contribution in [0.3, 0.4) is 0 Å². The monoisotopic (exact) mass is 262 g/mol. The van der Waals surface area contributed by atoms with Gasteiger partial charge in [0.25, 0.3) is 0 Å². The number of amides is 2. The van der Waals surface area contributed by atoms with E-state index in [9.17, 15) is 9.59 Å². The van der Waals surface area contributed by atoms with E-state index in [1.54, 1.807) is 13.8 Å². The number of benzene rings is 1. The zero-order chi connectivity index (χ0) is 14.0. The van der Waals surface area contributed by atoms with Crippen LogP contribution >= 0.6 is 0 Å². The number of hydrogen-bond donors (Lipinski definition) is 2. The Labute approximate surface area is 112 Å². The highest BCUT2D eigenvalue weighted by molar-refractivity contribution is 6.40. The largest absolute Gasteiger partial charge is 0.394 e. The Kier molecular flexibility index (Phi) is 3.57. The lowest BCUT2D eigenvalue weighted by atomic mass is 10.1. The number of rotatable bonds is 2. The molecule has 5 nitrogen and oxygen atoms in total.